The van der Waals surface area contributed by atoms with E-state index in [2.05, 4.69) is 15.4 Å². The zero-order valence-electron chi connectivity index (χ0n) is 10.4. The van der Waals surface area contributed by atoms with Crippen molar-refractivity contribution >= 4 is 0 Å². The zero-order valence-corrected chi connectivity index (χ0v) is 10.4. The second kappa shape index (κ2) is 5.98. The molecule has 0 radical (unpaired) electrons. The molecule has 20 heavy (non-hydrogen) atoms. The van der Waals surface area contributed by atoms with Gasteiger partial charge in [-0.05, 0) is 30.2 Å². The topological polar surface area (TPSA) is 63.8 Å². The Bertz CT molecular complexity index is 540. The fourth-order valence-corrected chi connectivity index (χ4v) is 1.82. The Labute approximate surface area is 113 Å². The van der Waals surface area contributed by atoms with Crippen LogP contribution in [0.15, 0.2) is 42.9 Å². The molecule has 1 atom stereocenters. The Balaban J connectivity index is 2.13. The van der Waals surface area contributed by atoms with Gasteiger partial charge in [-0.25, -0.2) is 9.97 Å². The molecule has 0 saturated heterocycles. The van der Waals surface area contributed by atoms with Gasteiger partial charge >= 0.3 is 6.18 Å². The molecule has 0 aliphatic carbocycles. The van der Waals surface area contributed by atoms with Gasteiger partial charge in [-0.1, -0.05) is 12.1 Å². The van der Waals surface area contributed by atoms with E-state index in [1.54, 1.807) is 12.3 Å². The predicted molar refractivity (Wildman–Crippen MR) is 67.2 cm³/mol. The number of nitrogens with one attached hydrogen (secondary N) is 1. The highest BCUT2D eigenvalue weighted by Gasteiger charge is 2.30. The normalized spacial score (nSPS) is 13.2. The van der Waals surface area contributed by atoms with Crippen LogP contribution in [0.2, 0.25) is 0 Å². The molecule has 0 spiro atoms. The lowest BCUT2D eigenvalue weighted by Gasteiger charge is -2.15. The summed E-state index contributed by atoms with van der Waals surface area (Å²) in [7, 11) is 0. The van der Waals surface area contributed by atoms with Gasteiger partial charge in [0.25, 0.3) is 0 Å². The minimum atomic E-state index is -4.32. The van der Waals surface area contributed by atoms with Gasteiger partial charge in [-0.15, -0.1) is 0 Å². The average Bonchev–Trinajstić information content (AvgIpc) is 2.45. The molecule has 7 heteroatoms. The molecule has 2 rings (SSSR count). The Morgan fingerprint density at radius 1 is 1.15 bits per heavy atom. The summed E-state index contributed by atoms with van der Waals surface area (Å²) in [5.41, 5.74) is 3.35. The van der Waals surface area contributed by atoms with Crippen LogP contribution in [-0.4, -0.2) is 9.97 Å². The maximum atomic E-state index is 12.5. The summed E-state index contributed by atoms with van der Waals surface area (Å²) in [5.74, 6) is 5.46. The number of nitrogens with two attached hydrogens (primary N) is 1. The maximum Gasteiger partial charge on any atom is 0.416 e. The van der Waals surface area contributed by atoms with E-state index in [4.69, 9.17) is 5.84 Å². The minimum absolute atomic E-state index is 0.283. The third-order valence-corrected chi connectivity index (χ3v) is 2.88. The first-order chi connectivity index (χ1) is 9.50. The van der Waals surface area contributed by atoms with E-state index in [-0.39, 0.29) is 6.04 Å². The molecule has 2 aromatic rings. The molecule has 0 saturated carbocycles. The molecular weight excluding hydrogens is 269 g/mol. The number of halogens is 3. The highest BCUT2D eigenvalue weighted by Crippen LogP contribution is 2.29. The zero-order chi connectivity index (χ0) is 14.6. The van der Waals surface area contributed by atoms with E-state index in [0.717, 1.165) is 17.7 Å². The van der Waals surface area contributed by atoms with Gasteiger partial charge in [-0.2, -0.15) is 13.2 Å². The van der Waals surface area contributed by atoms with Crippen LogP contribution in [-0.2, 0) is 12.6 Å². The van der Waals surface area contributed by atoms with Crippen molar-refractivity contribution in [1.82, 2.24) is 15.4 Å². The van der Waals surface area contributed by atoms with Gasteiger partial charge in [-0.3, -0.25) is 11.3 Å². The molecule has 1 aromatic heterocycles. The molecule has 3 N–H and O–H groups in total. The van der Waals surface area contributed by atoms with Crippen molar-refractivity contribution in [2.75, 3.05) is 0 Å². The molecule has 0 fully saturated rings. The largest absolute Gasteiger partial charge is 0.416 e. The van der Waals surface area contributed by atoms with Crippen molar-refractivity contribution in [2.45, 2.75) is 18.6 Å². The van der Waals surface area contributed by atoms with E-state index in [9.17, 15) is 13.2 Å². The molecule has 1 unspecified atom stereocenters. The third-order valence-electron chi connectivity index (χ3n) is 2.88. The van der Waals surface area contributed by atoms with Crippen LogP contribution in [0.1, 0.15) is 22.9 Å². The van der Waals surface area contributed by atoms with Crippen LogP contribution < -0.4 is 11.3 Å². The second-order valence-corrected chi connectivity index (χ2v) is 4.25. The molecule has 106 valence electrons. The lowest BCUT2D eigenvalue weighted by atomic mass is 10.0. The smallest absolute Gasteiger partial charge is 0.271 e. The number of benzene rings is 1. The number of hydrogen-bond acceptors (Lipinski definition) is 4. The SMILES string of the molecule is NNC(Cc1ccc(C(F)(F)F)cc1)c1ccncn1. The predicted octanol–water partition coefficient (Wildman–Crippen LogP) is 2.24. The first-order valence-electron chi connectivity index (χ1n) is 5.89. The second-order valence-electron chi connectivity index (χ2n) is 4.25. The van der Waals surface area contributed by atoms with Crippen molar-refractivity contribution in [2.24, 2.45) is 5.84 Å². The monoisotopic (exact) mass is 282 g/mol. The standard InChI is InChI=1S/C13H13F3N4/c14-13(15,16)10-3-1-9(2-4-10)7-12(20-17)11-5-6-18-8-19-11/h1-6,8,12,20H,7,17H2. The van der Waals surface area contributed by atoms with Crippen molar-refractivity contribution in [3.63, 3.8) is 0 Å². The van der Waals surface area contributed by atoms with E-state index < -0.39 is 11.7 Å². The molecule has 0 aliphatic heterocycles. The van der Waals surface area contributed by atoms with Crippen LogP contribution >= 0.6 is 0 Å². The van der Waals surface area contributed by atoms with Gasteiger partial charge in [0.1, 0.15) is 6.33 Å². The highest BCUT2D eigenvalue weighted by molar-refractivity contribution is 5.26. The molecule has 0 amide bonds. The van der Waals surface area contributed by atoms with Crippen LogP contribution in [0.5, 0.6) is 0 Å². The number of rotatable bonds is 4. The molecule has 4 nitrogen and oxygen atoms in total. The number of alkyl halides is 3. The van der Waals surface area contributed by atoms with Gasteiger partial charge in [0.15, 0.2) is 0 Å². The Hall–Kier alpha value is -1.99. The van der Waals surface area contributed by atoms with Crippen molar-refractivity contribution in [3.05, 3.63) is 59.7 Å². The summed E-state index contributed by atoms with van der Waals surface area (Å²) in [5, 5.41) is 0. The van der Waals surface area contributed by atoms with Gasteiger partial charge in [0.05, 0.1) is 17.3 Å². The van der Waals surface area contributed by atoms with Crippen LogP contribution in [0.25, 0.3) is 0 Å². The Kier molecular flexibility index (Phi) is 4.31. The summed E-state index contributed by atoms with van der Waals surface area (Å²) in [6.45, 7) is 0. The van der Waals surface area contributed by atoms with E-state index in [0.29, 0.717) is 12.1 Å². The van der Waals surface area contributed by atoms with Gasteiger partial charge in [0, 0.05) is 6.20 Å². The van der Waals surface area contributed by atoms with E-state index >= 15 is 0 Å². The minimum Gasteiger partial charge on any atom is -0.271 e. The third kappa shape index (κ3) is 3.52. The average molecular weight is 282 g/mol. The lowest BCUT2D eigenvalue weighted by molar-refractivity contribution is -0.137. The summed E-state index contributed by atoms with van der Waals surface area (Å²) >= 11 is 0. The highest BCUT2D eigenvalue weighted by atomic mass is 19.4. The van der Waals surface area contributed by atoms with Crippen molar-refractivity contribution in [1.29, 1.82) is 0 Å². The Morgan fingerprint density at radius 2 is 1.85 bits per heavy atom. The molecular formula is C13H13F3N4. The number of aromatic nitrogens is 2. The summed E-state index contributed by atoms with van der Waals surface area (Å²) in [6, 6.07) is 6.41. The van der Waals surface area contributed by atoms with Crippen LogP contribution in [0.3, 0.4) is 0 Å². The van der Waals surface area contributed by atoms with Crippen molar-refractivity contribution in [3.8, 4) is 0 Å². The first kappa shape index (κ1) is 14.4. The summed E-state index contributed by atoms with van der Waals surface area (Å²) < 4.78 is 37.4. The fourth-order valence-electron chi connectivity index (χ4n) is 1.82. The summed E-state index contributed by atoms with van der Waals surface area (Å²) in [6.07, 6.45) is -0.909. The Morgan fingerprint density at radius 3 is 2.35 bits per heavy atom. The maximum absolute atomic E-state index is 12.5. The van der Waals surface area contributed by atoms with Crippen LogP contribution in [0, 0.1) is 0 Å². The quantitative estimate of drug-likeness (QED) is 0.667. The number of hydrogen-bond donors (Lipinski definition) is 2. The van der Waals surface area contributed by atoms with Crippen LogP contribution in [0.4, 0.5) is 13.2 Å². The molecule has 0 aliphatic rings. The first-order valence-corrected chi connectivity index (χ1v) is 5.89. The fraction of sp³-hybridized carbons (Fsp3) is 0.231. The molecule has 1 heterocycles. The van der Waals surface area contributed by atoms with E-state index in [1.165, 1.54) is 18.5 Å². The molecule has 1 aromatic carbocycles. The summed E-state index contributed by atoms with van der Waals surface area (Å²) in [4.78, 5) is 7.87. The lowest BCUT2D eigenvalue weighted by Crippen LogP contribution is -2.30. The number of nitrogens with zero attached hydrogens (tertiary/aromatic N) is 2. The molecule has 0 bridgehead atoms. The number of hydrazine groups is 1. The van der Waals surface area contributed by atoms with E-state index in [1.807, 2.05) is 0 Å². The van der Waals surface area contributed by atoms with Gasteiger partial charge in [0.2, 0.25) is 0 Å². The van der Waals surface area contributed by atoms with Crippen molar-refractivity contribution < 1.29 is 13.2 Å². The van der Waals surface area contributed by atoms with Gasteiger partial charge < -0.3 is 0 Å².